The molecule has 0 aliphatic carbocycles. The molecule has 0 saturated heterocycles. The predicted octanol–water partition coefficient (Wildman–Crippen LogP) is 2.11. The van der Waals surface area contributed by atoms with E-state index in [1.54, 1.807) is 18.2 Å². The number of ether oxygens (including phenoxy) is 1. The van der Waals surface area contributed by atoms with Crippen molar-refractivity contribution >= 4 is 28.2 Å². The Morgan fingerprint density at radius 3 is 2.73 bits per heavy atom. The normalized spacial score (nSPS) is 11.9. The second-order valence-electron chi connectivity index (χ2n) is 2.91. The van der Waals surface area contributed by atoms with Gasteiger partial charge >= 0.3 is 5.97 Å². The predicted molar refractivity (Wildman–Crippen MR) is 57.3 cm³/mol. The maximum atomic E-state index is 10.5. The molecule has 15 heavy (non-hydrogen) atoms. The van der Waals surface area contributed by atoms with E-state index >= 15 is 0 Å². The first-order valence-electron chi connectivity index (χ1n) is 4.18. The largest absolute Gasteiger partial charge is 0.479 e. The maximum absolute atomic E-state index is 10.5. The van der Waals surface area contributed by atoms with Crippen molar-refractivity contribution in [3.05, 3.63) is 28.2 Å². The molecule has 1 aromatic carbocycles. The fourth-order valence-corrected chi connectivity index (χ4v) is 1.42. The molecular formula is C10H9BrO4. The molecule has 0 aliphatic heterocycles. The SMILES string of the molecule is C[C@H](Oc1ccc(C=O)cc1Br)C(=O)O. The lowest BCUT2D eigenvalue weighted by atomic mass is 10.2. The Hall–Kier alpha value is -1.36. The fourth-order valence-electron chi connectivity index (χ4n) is 0.927. The summed E-state index contributed by atoms with van der Waals surface area (Å²) in [5.41, 5.74) is 0.497. The number of carboxylic acids is 1. The lowest BCUT2D eigenvalue weighted by molar-refractivity contribution is -0.144. The van der Waals surface area contributed by atoms with Crippen molar-refractivity contribution in [3.8, 4) is 5.75 Å². The average Bonchev–Trinajstić information content (AvgIpc) is 2.20. The number of carbonyl (C=O) groups excluding carboxylic acids is 1. The van der Waals surface area contributed by atoms with Gasteiger partial charge in [0.15, 0.2) is 6.10 Å². The summed E-state index contributed by atoms with van der Waals surface area (Å²) < 4.78 is 5.70. The summed E-state index contributed by atoms with van der Waals surface area (Å²) in [5, 5.41) is 8.64. The van der Waals surface area contributed by atoms with E-state index in [-0.39, 0.29) is 0 Å². The Bertz CT molecular complexity index is 389. The molecule has 1 rings (SSSR count). The summed E-state index contributed by atoms with van der Waals surface area (Å²) in [7, 11) is 0. The lowest BCUT2D eigenvalue weighted by Crippen LogP contribution is -2.23. The molecular weight excluding hydrogens is 264 g/mol. The van der Waals surface area contributed by atoms with Gasteiger partial charge in [0.1, 0.15) is 12.0 Å². The van der Waals surface area contributed by atoms with E-state index in [9.17, 15) is 9.59 Å². The minimum atomic E-state index is -1.04. The van der Waals surface area contributed by atoms with E-state index in [2.05, 4.69) is 15.9 Å². The highest BCUT2D eigenvalue weighted by Gasteiger charge is 2.14. The van der Waals surface area contributed by atoms with Gasteiger partial charge in [-0.05, 0) is 41.1 Å². The van der Waals surface area contributed by atoms with Crippen LogP contribution < -0.4 is 4.74 Å². The van der Waals surface area contributed by atoms with Crippen LogP contribution >= 0.6 is 15.9 Å². The van der Waals surface area contributed by atoms with Gasteiger partial charge in [-0.3, -0.25) is 4.79 Å². The third-order valence-corrected chi connectivity index (χ3v) is 2.36. The number of hydrogen-bond acceptors (Lipinski definition) is 3. The lowest BCUT2D eigenvalue weighted by Gasteiger charge is -2.11. The van der Waals surface area contributed by atoms with Crippen LogP contribution in [-0.2, 0) is 4.79 Å². The van der Waals surface area contributed by atoms with Crippen LogP contribution in [0.1, 0.15) is 17.3 Å². The smallest absolute Gasteiger partial charge is 0.344 e. The van der Waals surface area contributed by atoms with Crippen LogP contribution in [0.15, 0.2) is 22.7 Å². The van der Waals surface area contributed by atoms with E-state index in [1.165, 1.54) is 6.92 Å². The molecule has 0 unspecified atom stereocenters. The second-order valence-corrected chi connectivity index (χ2v) is 3.76. The standard InChI is InChI=1S/C10H9BrO4/c1-6(10(13)14)15-9-3-2-7(5-12)4-8(9)11/h2-6H,1H3,(H,13,14)/t6-/m0/s1. The van der Waals surface area contributed by atoms with Crippen molar-refractivity contribution in [1.29, 1.82) is 0 Å². The Balaban J connectivity index is 2.87. The minimum absolute atomic E-state index is 0.399. The molecule has 5 heteroatoms. The van der Waals surface area contributed by atoms with E-state index < -0.39 is 12.1 Å². The first kappa shape index (κ1) is 11.7. The number of carboxylic acid groups (broad SMARTS) is 1. The molecule has 1 aromatic rings. The van der Waals surface area contributed by atoms with Gasteiger partial charge in [-0.25, -0.2) is 4.79 Å². The molecule has 0 saturated carbocycles. The van der Waals surface area contributed by atoms with Crippen LogP contribution in [0.2, 0.25) is 0 Å². The van der Waals surface area contributed by atoms with Crippen molar-refractivity contribution in [3.63, 3.8) is 0 Å². The first-order valence-corrected chi connectivity index (χ1v) is 4.98. The molecule has 0 spiro atoms. The molecule has 1 atom stereocenters. The summed E-state index contributed by atoms with van der Waals surface area (Å²) in [6, 6.07) is 4.67. The second kappa shape index (κ2) is 4.93. The van der Waals surface area contributed by atoms with Crippen LogP contribution in [-0.4, -0.2) is 23.5 Å². The number of halogens is 1. The van der Waals surface area contributed by atoms with Crippen LogP contribution in [0.5, 0.6) is 5.75 Å². The van der Waals surface area contributed by atoms with Gasteiger partial charge in [0.05, 0.1) is 4.47 Å². The van der Waals surface area contributed by atoms with Crippen molar-refractivity contribution in [2.75, 3.05) is 0 Å². The average molecular weight is 273 g/mol. The highest BCUT2D eigenvalue weighted by molar-refractivity contribution is 9.10. The van der Waals surface area contributed by atoms with Gasteiger partial charge in [-0.15, -0.1) is 0 Å². The minimum Gasteiger partial charge on any atom is -0.479 e. The number of aliphatic carboxylic acids is 1. The molecule has 0 aliphatic rings. The van der Waals surface area contributed by atoms with Gasteiger partial charge in [0, 0.05) is 5.56 Å². The van der Waals surface area contributed by atoms with Crippen molar-refractivity contribution in [2.45, 2.75) is 13.0 Å². The van der Waals surface area contributed by atoms with E-state index in [0.29, 0.717) is 22.1 Å². The van der Waals surface area contributed by atoms with Crippen molar-refractivity contribution in [1.82, 2.24) is 0 Å². The summed E-state index contributed by atoms with van der Waals surface area (Å²) in [5.74, 6) is -0.642. The summed E-state index contributed by atoms with van der Waals surface area (Å²) in [6.45, 7) is 1.43. The zero-order chi connectivity index (χ0) is 11.4. The number of carbonyl (C=O) groups is 2. The van der Waals surface area contributed by atoms with Crippen LogP contribution in [0.4, 0.5) is 0 Å². The quantitative estimate of drug-likeness (QED) is 0.853. The first-order chi connectivity index (χ1) is 7.04. The molecule has 0 amide bonds. The molecule has 1 N–H and O–H groups in total. The molecule has 0 heterocycles. The number of benzene rings is 1. The summed E-state index contributed by atoms with van der Waals surface area (Å²) in [4.78, 5) is 21.0. The zero-order valence-electron chi connectivity index (χ0n) is 7.94. The van der Waals surface area contributed by atoms with Gasteiger partial charge in [0.2, 0.25) is 0 Å². The Labute approximate surface area is 95.0 Å². The number of rotatable bonds is 4. The Morgan fingerprint density at radius 2 is 2.27 bits per heavy atom. The monoisotopic (exact) mass is 272 g/mol. The Kier molecular flexibility index (Phi) is 3.85. The maximum Gasteiger partial charge on any atom is 0.344 e. The molecule has 4 nitrogen and oxygen atoms in total. The van der Waals surface area contributed by atoms with E-state index in [1.807, 2.05) is 0 Å². The molecule has 0 radical (unpaired) electrons. The van der Waals surface area contributed by atoms with Crippen molar-refractivity contribution in [2.24, 2.45) is 0 Å². The summed E-state index contributed by atoms with van der Waals surface area (Å²) in [6.07, 6.45) is -0.224. The topological polar surface area (TPSA) is 63.6 Å². The van der Waals surface area contributed by atoms with Gasteiger partial charge in [-0.2, -0.15) is 0 Å². The molecule has 80 valence electrons. The fraction of sp³-hybridized carbons (Fsp3) is 0.200. The zero-order valence-corrected chi connectivity index (χ0v) is 9.52. The van der Waals surface area contributed by atoms with Crippen LogP contribution in [0.25, 0.3) is 0 Å². The third kappa shape index (κ3) is 3.06. The number of aldehydes is 1. The number of hydrogen-bond donors (Lipinski definition) is 1. The van der Waals surface area contributed by atoms with Crippen LogP contribution in [0, 0.1) is 0 Å². The molecule has 0 aromatic heterocycles. The van der Waals surface area contributed by atoms with Gasteiger partial charge in [-0.1, -0.05) is 0 Å². The molecule has 0 fully saturated rings. The van der Waals surface area contributed by atoms with E-state index in [0.717, 1.165) is 0 Å². The molecule has 0 bridgehead atoms. The third-order valence-electron chi connectivity index (χ3n) is 1.74. The highest BCUT2D eigenvalue weighted by atomic mass is 79.9. The summed E-state index contributed by atoms with van der Waals surface area (Å²) >= 11 is 3.19. The Morgan fingerprint density at radius 1 is 1.60 bits per heavy atom. The highest BCUT2D eigenvalue weighted by Crippen LogP contribution is 2.26. The van der Waals surface area contributed by atoms with E-state index in [4.69, 9.17) is 9.84 Å². The van der Waals surface area contributed by atoms with Gasteiger partial charge in [0.25, 0.3) is 0 Å². The van der Waals surface area contributed by atoms with Gasteiger partial charge < -0.3 is 9.84 Å². The van der Waals surface area contributed by atoms with Crippen molar-refractivity contribution < 1.29 is 19.4 Å². The van der Waals surface area contributed by atoms with Crippen LogP contribution in [0.3, 0.4) is 0 Å².